The smallest absolute Gasteiger partial charge is 0.407 e. The van der Waals surface area contributed by atoms with Crippen LogP contribution >= 0.6 is 0 Å². The zero-order valence-corrected chi connectivity index (χ0v) is 17.1. The molecule has 0 fully saturated rings. The topological polar surface area (TPSA) is 105 Å². The summed E-state index contributed by atoms with van der Waals surface area (Å²) in [5.41, 5.74) is 4.52. The fraction of sp³-hybridized carbons (Fsp3) is 0.348. The van der Waals surface area contributed by atoms with E-state index in [9.17, 15) is 14.4 Å². The van der Waals surface area contributed by atoms with Gasteiger partial charge in [-0.2, -0.15) is 0 Å². The summed E-state index contributed by atoms with van der Waals surface area (Å²) < 4.78 is 5.43. The minimum absolute atomic E-state index is 0.0511. The molecule has 0 aromatic heterocycles. The van der Waals surface area contributed by atoms with Crippen LogP contribution in [-0.4, -0.2) is 42.3 Å². The van der Waals surface area contributed by atoms with E-state index in [4.69, 9.17) is 9.84 Å². The predicted molar refractivity (Wildman–Crippen MR) is 112 cm³/mol. The average Bonchev–Trinajstić information content (AvgIpc) is 3.05. The highest BCUT2D eigenvalue weighted by Crippen LogP contribution is 2.44. The molecule has 0 spiro atoms. The number of amides is 2. The third kappa shape index (κ3) is 4.79. The number of ether oxygens (including phenoxy) is 1. The molecule has 3 N–H and O–H groups in total. The van der Waals surface area contributed by atoms with Crippen molar-refractivity contribution in [3.63, 3.8) is 0 Å². The molecule has 2 aromatic carbocycles. The van der Waals surface area contributed by atoms with Gasteiger partial charge in [0.1, 0.15) is 12.6 Å². The number of carbonyl (C=O) groups excluding carboxylic acids is 2. The number of alkyl carbamates (subject to hydrolysis) is 1. The predicted octanol–water partition coefficient (Wildman–Crippen LogP) is 3.14. The first-order valence-corrected chi connectivity index (χ1v) is 10.0. The maximum absolute atomic E-state index is 12.2. The Morgan fingerprint density at radius 2 is 1.57 bits per heavy atom. The summed E-state index contributed by atoms with van der Waals surface area (Å²) in [4.78, 5) is 35.1. The monoisotopic (exact) mass is 410 g/mol. The van der Waals surface area contributed by atoms with Crippen molar-refractivity contribution in [2.75, 3.05) is 13.2 Å². The third-order valence-corrected chi connectivity index (χ3v) is 5.37. The lowest BCUT2D eigenvalue weighted by atomic mass is 9.98. The van der Waals surface area contributed by atoms with Crippen LogP contribution in [0.4, 0.5) is 4.79 Å². The Balaban J connectivity index is 1.51. The van der Waals surface area contributed by atoms with Crippen LogP contribution in [0.2, 0.25) is 0 Å². The van der Waals surface area contributed by atoms with Crippen LogP contribution in [0.3, 0.4) is 0 Å². The second kappa shape index (κ2) is 9.43. The number of nitrogens with one attached hydrogen (secondary N) is 2. The summed E-state index contributed by atoms with van der Waals surface area (Å²) in [7, 11) is 0. The molecule has 0 saturated carbocycles. The van der Waals surface area contributed by atoms with Gasteiger partial charge in [-0.3, -0.25) is 9.59 Å². The lowest BCUT2D eigenvalue weighted by Crippen LogP contribution is -2.45. The van der Waals surface area contributed by atoms with Crippen LogP contribution in [-0.2, 0) is 14.3 Å². The van der Waals surface area contributed by atoms with E-state index in [2.05, 4.69) is 22.8 Å². The fourth-order valence-corrected chi connectivity index (χ4v) is 3.57. The molecule has 7 heteroatoms. The van der Waals surface area contributed by atoms with Crippen LogP contribution in [0.25, 0.3) is 11.1 Å². The Kier molecular flexibility index (Phi) is 6.72. The van der Waals surface area contributed by atoms with E-state index in [1.165, 1.54) is 0 Å². The number of benzene rings is 2. The van der Waals surface area contributed by atoms with Crippen molar-refractivity contribution in [2.45, 2.75) is 32.2 Å². The van der Waals surface area contributed by atoms with Gasteiger partial charge >= 0.3 is 12.1 Å². The SMILES string of the molecule is CC(CCNC(=O)C(C)NC(=O)OCC1c2ccccc2-c2ccccc21)C(=O)O. The molecule has 30 heavy (non-hydrogen) atoms. The molecular formula is C23H26N2O5. The maximum atomic E-state index is 12.2. The average molecular weight is 410 g/mol. The van der Waals surface area contributed by atoms with E-state index >= 15 is 0 Å². The van der Waals surface area contributed by atoms with E-state index in [0.717, 1.165) is 22.3 Å². The van der Waals surface area contributed by atoms with E-state index in [1.54, 1.807) is 13.8 Å². The van der Waals surface area contributed by atoms with Gasteiger partial charge in [0.2, 0.25) is 5.91 Å². The van der Waals surface area contributed by atoms with Gasteiger partial charge < -0.3 is 20.5 Å². The van der Waals surface area contributed by atoms with Crippen molar-refractivity contribution < 1.29 is 24.2 Å². The maximum Gasteiger partial charge on any atom is 0.407 e. The highest BCUT2D eigenvalue weighted by atomic mass is 16.5. The highest BCUT2D eigenvalue weighted by Gasteiger charge is 2.29. The van der Waals surface area contributed by atoms with Crippen LogP contribution in [0.15, 0.2) is 48.5 Å². The summed E-state index contributed by atoms with van der Waals surface area (Å²) >= 11 is 0. The first-order valence-electron chi connectivity index (χ1n) is 10.0. The van der Waals surface area contributed by atoms with Gasteiger partial charge in [-0.25, -0.2) is 4.79 Å². The molecule has 1 aliphatic carbocycles. The lowest BCUT2D eigenvalue weighted by Gasteiger charge is -2.17. The Morgan fingerprint density at radius 3 is 2.13 bits per heavy atom. The van der Waals surface area contributed by atoms with E-state index in [0.29, 0.717) is 6.42 Å². The summed E-state index contributed by atoms with van der Waals surface area (Å²) in [6.45, 7) is 3.53. The number of hydrogen-bond acceptors (Lipinski definition) is 4. The quantitative estimate of drug-likeness (QED) is 0.620. The van der Waals surface area contributed by atoms with Crippen LogP contribution in [0, 0.1) is 5.92 Å². The summed E-state index contributed by atoms with van der Waals surface area (Å²) in [6.07, 6.45) is -0.350. The van der Waals surface area contributed by atoms with Crippen LogP contribution < -0.4 is 10.6 Å². The van der Waals surface area contributed by atoms with Crippen molar-refractivity contribution in [1.29, 1.82) is 0 Å². The zero-order valence-electron chi connectivity index (χ0n) is 17.1. The molecule has 0 aliphatic heterocycles. The van der Waals surface area contributed by atoms with Gasteiger partial charge in [-0.05, 0) is 35.6 Å². The van der Waals surface area contributed by atoms with Crippen LogP contribution in [0.1, 0.15) is 37.3 Å². The van der Waals surface area contributed by atoms with E-state index in [-0.39, 0.29) is 25.0 Å². The third-order valence-electron chi connectivity index (χ3n) is 5.37. The molecule has 0 radical (unpaired) electrons. The molecule has 2 atom stereocenters. The Labute approximate surface area is 175 Å². The second-order valence-electron chi connectivity index (χ2n) is 7.51. The number of aliphatic carboxylic acids is 1. The molecule has 158 valence electrons. The fourth-order valence-electron chi connectivity index (χ4n) is 3.57. The van der Waals surface area contributed by atoms with Crippen molar-refractivity contribution in [3.05, 3.63) is 59.7 Å². The minimum atomic E-state index is -0.908. The zero-order chi connectivity index (χ0) is 21.7. The van der Waals surface area contributed by atoms with Gasteiger partial charge in [0.15, 0.2) is 0 Å². The number of fused-ring (bicyclic) bond motifs is 3. The number of carboxylic acid groups (broad SMARTS) is 1. The van der Waals surface area contributed by atoms with Gasteiger partial charge in [0, 0.05) is 12.5 Å². The molecule has 2 amide bonds. The van der Waals surface area contributed by atoms with Gasteiger partial charge in [0.25, 0.3) is 0 Å². The molecule has 0 bridgehead atoms. The standard InChI is InChI=1S/C23H26N2O5/c1-14(22(27)28)11-12-24-21(26)15(2)25-23(29)30-13-20-18-9-5-3-7-16(18)17-8-4-6-10-19(17)20/h3-10,14-15,20H,11-13H2,1-2H3,(H,24,26)(H,25,29)(H,27,28). The Morgan fingerprint density at radius 1 is 1.00 bits per heavy atom. The Hall–Kier alpha value is -3.35. The van der Waals surface area contributed by atoms with Crippen molar-refractivity contribution >= 4 is 18.0 Å². The van der Waals surface area contributed by atoms with E-state index < -0.39 is 24.0 Å². The lowest BCUT2D eigenvalue weighted by molar-refractivity contribution is -0.141. The number of hydrogen-bond donors (Lipinski definition) is 3. The second-order valence-corrected chi connectivity index (χ2v) is 7.51. The van der Waals surface area contributed by atoms with Gasteiger partial charge in [-0.15, -0.1) is 0 Å². The number of carbonyl (C=O) groups is 3. The van der Waals surface area contributed by atoms with Gasteiger partial charge in [0.05, 0.1) is 5.92 Å². The summed E-state index contributed by atoms with van der Waals surface area (Å²) in [6, 6.07) is 15.3. The number of rotatable bonds is 8. The molecular weight excluding hydrogens is 384 g/mol. The number of carboxylic acids is 1. The van der Waals surface area contributed by atoms with E-state index in [1.807, 2.05) is 36.4 Å². The van der Waals surface area contributed by atoms with Crippen molar-refractivity contribution in [3.8, 4) is 11.1 Å². The van der Waals surface area contributed by atoms with Crippen molar-refractivity contribution in [1.82, 2.24) is 10.6 Å². The summed E-state index contributed by atoms with van der Waals surface area (Å²) in [5.74, 6) is -1.89. The highest BCUT2D eigenvalue weighted by molar-refractivity contribution is 5.85. The molecule has 1 aliphatic rings. The first-order chi connectivity index (χ1) is 14.4. The van der Waals surface area contributed by atoms with Crippen LogP contribution in [0.5, 0.6) is 0 Å². The van der Waals surface area contributed by atoms with Crippen molar-refractivity contribution in [2.24, 2.45) is 5.92 Å². The molecule has 7 nitrogen and oxygen atoms in total. The van der Waals surface area contributed by atoms with Gasteiger partial charge in [-0.1, -0.05) is 55.5 Å². The molecule has 0 heterocycles. The minimum Gasteiger partial charge on any atom is -0.481 e. The first kappa shape index (κ1) is 21.4. The molecule has 2 unspecified atom stereocenters. The Bertz CT molecular complexity index is 897. The summed E-state index contributed by atoms with van der Waals surface area (Å²) in [5, 5.41) is 14.0. The largest absolute Gasteiger partial charge is 0.481 e. The molecule has 3 rings (SSSR count). The normalized spacial score (nSPS) is 14.2. The molecule has 2 aromatic rings. The molecule has 0 saturated heterocycles.